The summed E-state index contributed by atoms with van der Waals surface area (Å²) in [4.78, 5) is 49.6. The molecule has 2 saturated heterocycles. The van der Waals surface area contributed by atoms with Crippen molar-refractivity contribution in [2.24, 2.45) is 0 Å². The van der Waals surface area contributed by atoms with E-state index in [0.717, 1.165) is 4.90 Å². The van der Waals surface area contributed by atoms with Gasteiger partial charge in [-0.25, -0.2) is 4.79 Å². The molecule has 2 N–H and O–H groups in total. The quantitative estimate of drug-likeness (QED) is 0.623. The van der Waals surface area contributed by atoms with Crippen LogP contribution in [0.2, 0.25) is 0 Å². The van der Waals surface area contributed by atoms with Crippen molar-refractivity contribution >= 4 is 23.8 Å². The predicted molar refractivity (Wildman–Crippen MR) is 79.3 cm³/mol. The first-order chi connectivity index (χ1) is 11.0. The van der Waals surface area contributed by atoms with Gasteiger partial charge in [-0.1, -0.05) is 0 Å². The second-order valence-corrected chi connectivity index (χ2v) is 5.53. The van der Waals surface area contributed by atoms with E-state index in [1.165, 1.54) is 7.05 Å². The van der Waals surface area contributed by atoms with Gasteiger partial charge in [0.2, 0.25) is 11.8 Å². The van der Waals surface area contributed by atoms with Crippen LogP contribution in [-0.4, -0.2) is 79.5 Å². The zero-order chi connectivity index (χ0) is 16.8. The van der Waals surface area contributed by atoms with E-state index in [0.29, 0.717) is 32.7 Å². The molecule has 2 fully saturated rings. The molecule has 0 aromatic rings. The molecule has 0 aromatic carbocycles. The van der Waals surface area contributed by atoms with Gasteiger partial charge in [-0.05, 0) is 6.42 Å². The second-order valence-electron chi connectivity index (χ2n) is 5.53. The lowest BCUT2D eigenvalue weighted by atomic mass is 10.1. The molecule has 0 bridgehead atoms. The molecule has 1 atom stereocenters. The van der Waals surface area contributed by atoms with Gasteiger partial charge < -0.3 is 20.3 Å². The number of hydrogen-bond donors (Lipinski definition) is 2. The zero-order valence-electron chi connectivity index (χ0n) is 13.2. The van der Waals surface area contributed by atoms with E-state index < -0.39 is 18.0 Å². The molecule has 1 unspecified atom stereocenters. The first-order valence-electron chi connectivity index (χ1n) is 7.69. The fraction of sp³-hybridized carbons (Fsp3) is 0.714. The van der Waals surface area contributed by atoms with E-state index in [2.05, 4.69) is 10.6 Å². The molecule has 0 radical (unpaired) electrons. The Hall–Kier alpha value is -2.16. The summed E-state index contributed by atoms with van der Waals surface area (Å²) in [5, 5.41) is 5.10. The highest BCUT2D eigenvalue weighted by molar-refractivity contribution is 6.01. The molecule has 0 spiro atoms. The van der Waals surface area contributed by atoms with Gasteiger partial charge >= 0.3 is 6.03 Å². The summed E-state index contributed by atoms with van der Waals surface area (Å²) in [6, 6.07) is -1.21. The Kier molecular flexibility index (Phi) is 5.91. The summed E-state index contributed by atoms with van der Waals surface area (Å²) in [6.07, 6.45) is 0.718. The van der Waals surface area contributed by atoms with Crippen LogP contribution in [0, 0.1) is 0 Å². The van der Waals surface area contributed by atoms with Crippen LogP contribution in [0.25, 0.3) is 0 Å². The molecule has 0 saturated carbocycles. The Labute approximate surface area is 134 Å². The smallest absolute Gasteiger partial charge is 0.315 e. The number of nitrogens with zero attached hydrogens (tertiary/aromatic N) is 2. The molecule has 128 valence electrons. The van der Waals surface area contributed by atoms with Gasteiger partial charge in [-0.2, -0.15) is 0 Å². The van der Waals surface area contributed by atoms with Gasteiger partial charge in [0, 0.05) is 39.5 Å². The standard InChI is InChI=1S/C14H22N4O5/c1-17-11(19)3-2-10(13(17)21)16-14(22)15-5-4-12(20)18-6-8-23-9-7-18/h10H,2-9H2,1H3,(H2,15,16,22). The van der Waals surface area contributed by atoms with Crippen LogP contribution >= 0.6 is 0 Å². The summed E-state index contributed by atoms with van der Waals surface area (Å²) in [6.45, 7) is 2.41. The number of imide groups is 1. The average Bonchev–Trinajstić information content (AvgIpc) is 2.56. The van der Waals surface area contributed by atoms with Crippen LogP contribution in [0.15, 0.2) is 0 Å². The Balaban J connectivity index is 1.68. The molecule has 2 rings (SSSR count). The molecular weight excluding hydrogens is 304 g/mol. The minimum atomic E-state index is -0.701. The van der Waals surface area contributed by atoms with Crippen molar-refractivity contribution in [3.8, 4) is 0 Å². The van der Waals surface area contributed by atoms with Crippen molar-refractivity contribution in [2.45, 2.75) is 25.3 Å². The molecule has 2 aliphatic heterocycles. The lowest BCUT2D eigenvalue weighted by Gasteiger charge is -2.28. The molecule has 9 nitrogen and oxygen atoms in total. The molecule has 23 heavy (non-hydrogen) atoms. The number of urea groups is 1. The molecule has 2 aliphatic rings. The fourth-order valence-electron chi connectivity index (χ4n) is 2.51. The third-order valence-electron chi connectivity index (χ3n) is 3.94. The zero-order valence-corrected chi connectivity index (χ0v) is 13.2. The third-order valence-corrected chi connectivity index (χ3v) is 3.94. The maximum Gasteiger partial charge on any atom is 0.315 e. The molecule has 0 aromatic heterocycles. The van der Waals surface area contributed by atoms with Crippen molar-refractivity contribution in [2.75, 3.05) is 39.9 Å². The first kappa shape index (κ1) is 17.2. The number of likely N-dealkylation sites (N-methyl/N-ethyl adjacent to an activating group) is 1. The summed E-state index contributed by atoms with van der Waals surface area (Å²) in [5.74, 6) is -0.696. The van der Waals surface area contributed by atoms with Crippen LogP contribution in [0.4, 0.5) is 4.79 Å². The molecule has 5 amide bonds. The van der Waals surface area contributed by atoms with Crippen LogP contribution in [0.3, 0.4) is 0 Å². The van der Waals surface area contributed by atoms with Crippen molar-refractivity contribution in [3.05, 3.63) is 0 Å². The number of nitrogens with one attached hydrogen (secondary N) is 2. The third kappa shape index (κ3) is 4.65. The van der Waals surface area contributed by atoms with Crippen LogP contribution < -0.4 is 10.6 Å². The largest absolute Gasteiger partial charge is 0.378 e. The Morgan fingerprint density at radius 3 is 2.65 bits per heavy atom. The van der Waals surface area contributed by atoms with E-state index in [4.69, 9.17) is 4.74 Å². The maximum absolute atomic E-state index is 11.9. The lowest BCUT2D eigenvalue weighted by molar-refractivity contribution is -0.147. The van der Waals surface area contributed by atoms with E-state index >= 15 is 0 Å². The van der Waals surface area contributed by atoms with E-state index in [-0.39, 0.29) is 31.2 Å². The molecule has 2 heterocycles. The predicted octanol–water partition coefficient (Wildman–Crippen LogP) is -1.32. The van der Waals surface area contributed by atoms with Crippen molar-refractivity contribution < 1.29 is 23.9 Å². The van der Waals surface area contributed by atoms with Gasteiger partial charge in [0.05, 0.1) is 13.2 Å². The van der Waals surface area contributed by atoms with Gasteiger partial charge in [-0.3, -0.25) is 19.3 Å². The van der Waals surface area contributed by atoms with Gasteiger partial charge in [0.1, 0.15) is 6.04 Å². The normalized spacial score (nSPS) is 22.0. The summed E-state index contributed by atoms with van der Waals surface area (Å²) in [5.41, 5.74) is 0. The van der Waals surface area contributed by atoms with E-state index in [1.54, 1.807) is 4.90 Å². The number of carbonyl (C=O) groups is 4. The summed E-state index contributed by atoms with van der Waals surface area (Å²) < 4.78 is 5.17. The van der Waals surface area contributed by atoms with Crippen LogP contribution in [-0.2, 0) is 19.1 Å². The number of amides is 5. The highest BCUT2D eigenvalue weighted by Crippen LogP contribution is 2.11. The van der Waals surface area contributed by atoms with Crippen LogP contribution in [0.5, 0.6) is 0 Å². The molecule has 9 heteroatoms. The summed E-state index contributed by atoms with van der Waals surface area (Å²) in [7, 11) is 1.40. The van der Waals surface area contributed by atoms with Crippen LogP contribution in [0.1, 0.15) is 19.3 Å². The molecular formula is C14H22N4O5. The summed E-state index contributed by atoms with van der Waals surface area (Å²) >= 11 is 0. The Bertz CT molecular complexity index is 490. The number of morpholine rings is 1. The number of rotatable bonds is 4. The minimum absolute atomic E-state index is 0.0346. The average molecular weight is 326 g/mol. The SMILES string of the molecule is CN1C(=O)CCC(NC(=O)NCCC(=O)N2CCOCC2)C1=O. The highest BCUT2D eigenvalue weighted by atomic mass is 16.5. The number of carbonyl (C=O) groups excluding carboxylic acids is 4. The number of hydrogen-bond acceptors (Lipinski definition) is 5. The monoisotopic (exact) mass is 326 g/mol. The van der Waals surface area contributed by atoms with Crippen molar-refractivity contribution in [3.63, 3.8) is 0 Å². The van der Waals surface area contributed by atoms with Crippen molar-refractivity contribution in [1.29, 1.82) is 0 Å². The lowest BCUT2D eigenvalue weighted by Crippen LogP contribution is -2.55. The van der Waals surface area contributed by atoms with Gasteiger partial charge in [-0.15, -0.1) is 0 Å². The number of ether oxygens (including phenoxy) is 1. The van der Waals surface area contributed by atoms with E-state index in [1.807, 2.05) is 0 Å². The van der Waals surface area contributed by atoms with E-state index in [9.17, 15) is 19.2 Å². The fourth-order valence-corrected chi connectivity index (χ4v) is 2.51. The Morgan fingerprint density at radius 2 is 1.96 bits per heavy atom. The minimum Gasteiger partial charge on any atom is -0.378 e. The first-order valence-corrected chi connectivity index (χ1v) is 7.69. The van der Waals surface area contributed by atoms with Crippen molar-refractivity contribution in [1.82, 2.24) is 20.4 Å². The number of likely N-dealkylation sites (tertiary alicyclic amines) is 1. The van der Waals surface area contributed by atoms with Gasteiger partial charge in [0.25, 0.3) is 5.91 Å². The number of piperidine rings is 1. The second kappa shape index (κ2) is 7.91. The van der Waals surface area contributed by atoms with Gasteiger partial charge in [0.15, 0.2) is 0 Å². The maximum atomic E-state index is 11.9. The topological polar surface area (TPSA) is 108 Å². The highest BCUT2D eigenvalue weighted by Gasteiger charge is 2.32. The molecule has 0 aliphatic carbocycles. The Morgan fingerprint density at radius 1 is 1.26 bits per heavy atom.